The Hall–Kier alpha value is -2.00. The fraction of sp³-hybridized carbons (Fsp3) is 0.211. The molecule has 1 heterocycles. The van der Waals surface area contributed by atoms with E-state index in [0.717, 1.165) is 18.8 Å². The second-order valence-corrected chi connectivity index (χ2v) is 8.71. The van der Waals surface area contributed by atoms with E-state index < -0.39 is 9.84 Å². The number of hydrogen-bond acceptors (Lipinski definition) is 4. The first-order chi connectivity index (χ1) is 12.4. The van der Waals surface area contributed by atoms with Crippen LogP contribution in [0.4, 0.5) is 5.69 Å². The molecule has 26 heavy (non-hydrogen) atoms. The maximum atomic E-state index is 12.8. The molecule has 2 aromatic rings. The van der Waals surface area contributed by atoms with E-state index in [-0.39, 0.29) is 19.8 Å². The van der Waals surface area contributed by atoms with Crippen molar-refractivity contribution in [1.82, 2.24) is 0 Å². The Labute approximate surface area is 163 Å². The van der Waals surface area contributed by atoms with Gasteiger partial charge in [-0.2, -0.15) is 5.26 Å². The molecule has 1 fully saturated rings. The van der Waals surface area contributed by atoms with Crippen LogP contribution in [0.5, 0.6) is 0 Å². The third kappa shape index (κ3) is 3.88. The minimum Gasteiger partial charge on any atom is -0.372 e. The maximum Gasteiger partial charge on any atom is 0.218 e. The standard InChI is InChI=1S/C19H16Cl2N2O2S/c20-15-5-8-18(21)19(12-15)26(24,25)17(13-22)11-14-3-6-16(7-4-14)23-9-1-2-10-23/h3-8,11-12H,1-2,9-10H2/b17-11+. The monoisotopic (exact) mass is 406 g/mol. The van der Waals surface area contributed by atoms with Crippen LogP contribution in [0, 0.1) is 11.3 Å². The van der Waals surface area contributed by atoms with Gasteiger partial charge in [-0.25, -0.2) is 8.42 Å². The molecule has 0 aliphatic carbocycles. The number of allylic oxidation sites excluding steroid dienone is 1. The van der Waals surface area contributed by atoms with Crippen molar-refractivity contribution in [2.75, 3.05) is 18.0 Å². The highest BCUT2D eigenvalue weighted by Gasteiger charge is 2.24. The Bertz CT molecular complexity index is 987. The van der Waals surface area contributed by atoms with E-state index in [1.807, 2.05) is 12.1 Å². The van der Waals surface area contributed by atoms with Gasteiger partial charge in [-0.1, -0.05) is 35.3 Å². The number of benzene rings is 2. The summed E-state index contributed by atoms with van der Waals surface area (Å²) in [6.45, 7) is 2.06. The second kappa shape index (κ2) is 7.71. The van der Waals surface area contributed by atoms with Gasteiger partial charge in [-0.3, -0.25) is 0 Å². The van der Waals surface area contributed by atoms with Crippen LogP contribution in [-0.4, -0.2) is 21.5 Å². The van der Waals surface area contributed by atoms with E-state index in [1.54, 1.807) is 18.2 Å². The average Bonchev–Trinajstić information content (AvgIpc) is 3.16. The molecule has 0 unspecified atom stereocenters. The van der Waals surface area contributed by atoms with Gasteiger partial charge in [-0.05, 0) is 54.8 Å². The van der Waals surface area contributed by atoms with Crippen LogP contribution in [0.1, 0.15) is 18.4 Å². The Kier molecular flexibility index (Phi) is 5.57. The topological polar surface area (TPSA) is 61.2 Å². The first kappa shape index (κ1) is 18.8. The van der Waals surface area contributed by atoms with Crippen molar-refractivity contribution in [2.24, 2.45) is 0 Å². The Morgan fingerprint density at radius 3 is 2.35 bits per heavy atom. The Balaban J connectivity index is 1.95. The van der Waals surface area contributed by atoms with Gasteiger partial charge in [0.2, 0.25) is 9.84 Å². The Morgan fingerprint density at radius 1 is 1.08 bits per heavy atom. The molecule has 0 N–H and O–H groups in total. The largest absolute Gasteiger partial charge is 0.372 e. The zero-order valence-electron chi connectivity index (χ0n) is 13.8. The molecule has 0 amide bonds. The molecule has 0 radical (unpaired) electrons. The molecule has 0 aromatic heterocycles. The third-order valence-electron chi connectivity index (χ3n) is 4.24. The van der Waals surface area contributed by atoms with Crippen molar-refractivity contribution >= 4 is 44.8 Å². The molecule has 0 atom stereocenters. The molecule has 1 saturated heterocycles. The van der Waals surface area contributed by atoms with Crippen LogP contribution >= 0.6 is 23.2 Å². The maximum absolute atomic E-state index is 12.8. The van der Waals surface area contributed by atoms with E-state index >= 15 is 0 Å². The molecular formula is C19H16Cl2N2O2S. The number of sulfone groups is 1. The highest BCUT2D eigenvalue weighted by atomic mass is 35.5. The predicted octanol–water partition coefficient (Wildman–Crippen LogP) is 4.93. The zero-order chi connectivity index (χ0) is 18.7. The molecule has 134 valence electrons. The number of nitrogens with zero attached hydrogens (tertiary/aromatic N) is 2. The van der Waals surface area contributed by atoms with Gasteiger partial charge in [-0.15, -0.1) is 0 Å². The summed E-state index contributed by atoms with van der Waals surface area (Å²) >= 11 is 11.9. The van der Waals surface area contributed by atoms with Crippen LogP contribution in [0.25, 0.3) is 6.08 Å². The number of halogens is 2. The van der Waals surface area contributed by atoms with Crippen LogP contribution in [0.15, 0.2) is 52.3 Å². The van der Waals surface area contributed by atoms with E-state index in [2.05, 4.69) is 4.90 Å². The van der Waals surface area contributed by atoms with E-state index in [1.165, 1.54) is 37.1 Å². The van der Waals surface area contributed by atoms with Crippen molar-refractivity contribution in [3.05, 3.63) is 63.0 Å². The molecule has 1 aliphatic heterocycles. The van der Waals surface area contributed by atoms with Gasteiger partial charge in [0.15, 0.2) is 0 Å². The van der Waals surface area contributed by atoms with Gasteiger partial charge in [0.25, 0.3) is 0 Å². The number of nitriles is 1. The minimum absolute atomic E-state index is 0.0277. The molecule has 0 saturated carbocycles. The van der Waals surface area contributed by atoms with Gasteiger partial charge in [0, 0.05) is 23.8 Å². The smallest absolute Gasteiger partial charge is 0.218 e. The summed E-state index contributed by atoms with van der Waals surface area (Å²) < 4.78 is 25.5. The lowest BCUT2D eigenvalue weighted by molar-refractivity contribution is 0.603. The number of hydrogen-bond donors (Lipinski definition) is 0. The van der Waals surface area contributed by atoms with Crippen molar-refractivity contribution < 1.29 is 8.42 Å². The lowest BCUT2D eigenvalue weighted by atomic mass is 10.2. The first-order valence-electron chi connectivity index (χ1n) is 8.09. The molecule has 0 spiro atoms. The van der Waals surface area contributed by atoms with E-state index in [4.69, 9.17) is 23.2 Å². The van der Waals surface area contributed by atoms with E-state index in [0.29, 0.717) is 5.56 Å². The van der Waals surface area contributed by atoms with Gasteiger partial charge in [0.05, 0.1) is 9.92 Å². The van der Waals surface area contributed by atoms with Crippen LogP contribution in [0.3, 0.4) is 0 Å². The van der Waals surface area contributed by atoms with Crippen LogP contribution in [-0.2, 0) is 9.84 Å². The summed E-state index contributed by atoms with van der Waals surface area (Å²) in [5, 5.41) is 9.65. The fourth-order valence-corrected chi connectivity index (χ4v) is 4.79. The quantitative estimate of drug-likeness (QED) is 0.675. The van der Waals surface area contributed by atoms with Gasteiger partial charge >= 0.3 is 0 Å². The predicted molar refractivity (Wildman–Crippen MR) is 105 cm³/mol. The summed E-state index contributed by atoms with van der Waals surface area (Å²) in [6.07, 6.45) is 3.71. The normalized spacial score (nSPS) is 15.1. The first-order valence-corrected chi connectivity index (χ1v) is 10.3. The van der Waals surface area contributed by atoms with Gasteiger partial charge in [0.1, 0.15) is 11.0 Å². The zero-order valence-corrected chi connectivity index (χ0v) is 16.2. The highest BCUT2D eigenvalue weighted by Crippen LogP contribution is 2.30. The highest BCUT2D eigenvalue weighted by molar-refractivity contribution is 7.95. The van der Waals surface area contributed by atoms with Crippen molar-refractivity contribution in [1.29, 1.82) is 5.26 Å². The lowest BCUT2D eigenvalue weighted by Gasteiger charge is -2.17. The minimum atomic E-state index is -4.06. The molecule has 3 rings (SSSR count). The Morgan fingerprint density at radius 2 is 1.73 bits per heavy atom. The summed E-state index contributed by atoms with van der Waals surface area (Å²) in [5.74, 6) is 0. The summed E-state index contributed by atoms with van der Waals surface area (Å²) in [6, 6.07) is 13.4. The molecule has 0 bridgehead atoms. The average molecular weight is 407 g/mol. The number of anilines is 1. The summed E-state index contributed by atoms with van der Waals surface area (Å²) in [4.78, 5) is 1.73. The summed E-state index contributed by atoms with van der Waals surface area (Å²) in [5.41, 5.74) is 1.73. The number of rotatable bonds is 4. The molecule has 1 aliphatic rings. The van der Waals surface area contributed by atoms with E-state index in [9.17, 15) is 13.7 Å². The van der Waals surface area contributed by atoms with Crippen molar-refractivity contribution in [3.63, 3.8) is 0 Å². The molecule has 7 heteroatoms. The molecule has 2 aromatic carbocycles. The SMILES string of the molecule is N#C/C(=C\c1ccc(N2CCCC2)cc1)S(=O)(=O)c1cc(Cl)ccc1Cl. The van der Waals surface area contributed by atoms with Crippen molar-refractivity contribution in [3.8, 4) is 6.07 Å². The molecular weight excluding hydrogens is 391 g/mol. The fourth-order valence-electron chi connectivity index (χ4n) is 2.88. The van der Waals surface area contributed by atoms with Crippen LogP contribution < -0.4 is 4.90 Å². The third-order valence-corrected chi connectivity index (χ3v) is 6.63. The lowest BCUT2D eigenvalue weighted by Crippen LogP contribution is -2.17. The van der Waals surface area contributed by atoms with Gasteiger partial charge < -0.3 is 4.90 Å². The molecule has 4 nitrogen and oxygen atoms in total. The summed E-state index contributed by atoms with van der Waals surface area (Å²) in [7, 11) is -4.06. The second-order valence-electron chi connectivity index (χ2n) is 5.98. The van der Waals surface area contributed by atoms with Crippen molar-refractivity contribution in [2.45, 2.75) is 17.7 Å². The van der Waals surface area contributed by atoms with Crippen LogP contribution in [0.2, 0.25) is 10.0 Å².